The Morgan fingerprint density at radius 3 is 2.20 bits per heavy atom. The highest BCUT2D eigenvalue weighted by Crippen LogP contribution is 2.20. The van der Waals surface area contributed by atoms with Crippen LogP contribution in [0.15, 0.2) is 66.9 Å². The van der Waals surface area contributed by atoms with E-state index < -0.39 is 0 Å². The summed E-state index contributed by atoms with van der Waals surface area (Å²) < 4.78 is 0. The van der Waals surface area contributed by atoms with Crippen LogP contribution in [0.5, 0.6) is 0 Å². The van der Waals surface area contributed by atoms with Crippen molar-refractivity contribution < 1.29 is 4.79 Å². The van der Waals surface area contributed by atoms with E-state index in [1.807, 2.05) is 54.6 Å². The van der Waals surface area contributed by atoms with Crippen molar-refractivity contribution in [3.8, 4) is 0 Å². The maximum absolute atomic E-state index is 12.4. The second-order valence-electron chi connectivity index (χ2n) is 8.42. The smallest absolute Gasteiger partial charge is 0.269 e. The molecule has 0 fully saturated rings. The van der Waals surface area contributed by atoms with Gasteiger partial charge in [0.2, 0.25) is 0 Å². The van der Waals surface area contributed by atoms with Gasteiger partial charge in [0.05, 0.1) is 22.8 Å². The molecule has 0 saturated heterocycles. The van der Waals surface area contributed by atoms with Crippen molar-refractivity contribution in [2.45, 2.75) is 6.42 Å². The van der Waals surface area contributed by atoms with Crippen LogP contribution in [-0.4, -0.2) is 37.4 Å². The summed E-state index contributed by atoms with van der Waals surface area (Å²) in [5.74, 6) is -0.179. The number of H-pyrrole nitrogens is 2. The molecule has 0 unspecified atom stereocenters. The second kappa shape index (κ2) is 8.87. The number of pyridine rings is 1. The van der Waals surface area contributed by atoms with Crippen molar-refractivity contribution in [2.24, 2.45) is 0 Å². The molecule has 4 aromatic rings. The highest BCUT2D eigenvalue weighted by atomic mass is 16.1. The third-order valence-electron chi connectivity index (χ3n) is 5.83. The summed E-state index contributed by atoms with van der Waals surface area (Å²) in [6.07, 6.45) is 10.3. The summed E-state index contributed by atoms with van der Waals surface area (Å²) in [5, 5.41) is 2.96. The van der Waals surface area contributed by atoms with E-state index in [2.05, 4.69) is 37.4 Å². The van der Waals surface area contributed by atoms with Gasteiger partial charge in [-0.25, -0.2) is 9.97 Å². The Hall–Kier alpha value is -4.78. The molecule has 0 aliphatic carbocycles. The summed E-state index contributed by atoms with van der Waals surface area (Å²) in [6.45, 7) is 0.493. The maximum atomic E-state index is 12.4. The van der Waals surface area contributed by atoms with E-state index in [1.54, 1.807) is 24.4 Å². The van der Waals surface area contributed by atoms with Crippen molar-refractivity contribution in [1.29, 1.82) is 0 Å². The van der Waals surface area contributed by atoms with Crippen molar-refractivity contribution >= 4 is 52.3 Å². The van der Waals surface area contributed by atoms with Gasteiger partial charge in [-0.1, -0.05) is 6.07 Å². The average molecular weight is 459 g/mol. The molecule has 7 nitrogen and oxygen atoms in total. The Balaban J connectivity index is 1.40. The molecule has 0 saturated carbocycles. The van der Waals surface area contributed by atoms with E-state index in [4.69, 9.17) is 4.98 Å². The number of aromatic amines is 2. The fraction of sp³-hybridized carbons (Fsp3) is 0.0714. The minimum atomic E-state index is -0.179. The third-order valence-corrected chi connectivity index (χ3v) is 5.83. The van der Waals surface area contributed by atoms with Crippen LogP contribution in [0, 0.1) is 0 Å². The lowest BCUT2D eigenvalue weighted by Gasteiger charge is -2.03. The van der Waals surface area contributed by atoms with Crippen LogP contribution in [0.4, 0.5) is 0 Å². The minimum Gasteiger partial charge on any atom is -0.355 e. The Bertz CT molecular complexity index is 1640. The van der Waals surface area contributed by atoms with E-state index in [1.165, 1.54) is 0 Å². The van der Waals surface area contributed by atoms with Gasteiger partial charge < -0.3 is 15.3 Å². The van der Waals surface area contributed by atoms with Crippen molar-refractivity contribution in [3.05, 3.63) is 101 Å². The SMILES string of the molecule is O=C(NCCc1cc2cc3ccc(cc4nc(cc5nc(cc1[nH]2)C=C5)C=C4)[nH]3)c1ccccn1. The van der Waals surface area contributed by atoms with Crippen LogP contribution in [0.2, 0.25) is 0 Å². The van der Waals surface area contributed by atoms with E-state index in [9.17, 15) is 4.79 Å². The third kappa shape index (κ3) is 4.65. The summed E-state index contributed by atoms with van der Waals surface area (Å²) in [4.78, 5) is 32.8. The van der Waals surface area contributed by atoms with Crippen LogP contribution in [-0.2, 0) is 6.42 Å². The zero-order chi connectivity index (χ0) is 23.6. The number of amides is 1. The van der Waals surface area contributed by atoms with Gasteiger partial charge in [-0.3, -0.25) is 9.78 Å². The molecule has 0 radical (unpaired) electrons. The molecule has 0 atom stereocenters. The molecule has 2 aliphatic heterocycles. The van der Waals surface area contributed by atoms with Crippen molar-refractivity contribution in [1.82, 2.24) is 30.2 Å². The number of carbonyl (C=O) groups excluding carboxylic acids is 1. The lowest BCUT2D eigenvalue weighted by molar-refractivity contribution is 0.0949. The molecule has 170 valence electrons. The number of rotatable bonds is 4. The first-order valence-corrected chi connectivity index (χ1v) is 11.4. The zero-order valence-corrected chi connectivity index (χ0v) is 18.8. The van der Waals surface area contributed by atoms with Gasteiger partial charge in [0.25, 0.3) is 5.91 Å². The molecular weight excluding hydrogens is 436 g/mol. The summed E-state index contributed by atoms with van der Waals surface area (Å²) >= 11 is 0. The topological polar surface area (TPSA) is 99.4 Å². The van der Waals surface area contributed by atoms with Crippen molar-refractivity contribution in [2.75, 3.05) is 6.54 Å². The van der Waals surface area contributed by atoms with Crippen LogP contribution >= 0.6 is 0 Å². The molecule has 4 aromatic heterocycles. The number of aromatic nitrogens is 5. The first-order chi connectivity index (χ1) is 17.2. The molecule has 2 aliphatic rings. The number of nitrogens with zero attached hydrogens (tertiary/aromatic N) is 3. The van der Waals surface area contributed by atoms with Crippen LogP contribution in [0.3, 0.4) is 0 Å². The molecule has 6 rings (SSSR count). The standard InChI is InChI=1S/C28H22N6O/c35-28(26-3-1-2-11-29-26)30-12-10-18-13-25-16-23-7-6-21(32-23)14-19-4-5-20(31-19)15-22-8-9-24(33-22)17-27(18)34-25/h1-9,11,13-17,32,34H,10,12H2,(H,30,35). The molecule has 35 heavy (non-hydrogen) atoms. The lowest BCUT2D eigenvalue weighted by Crippen LogP contribution is -2.26. The fourth-order valence-electron chi connectivity index (χ4n) is 4.18. The van der Waals surface area contributed by atoms with Gasteiger partial charge in [-0.2, -0.15) is 0 Å². The fourth-order valence-corrected chi connectivity index (χ4v) is 4.18. The Kier molecular flexibility index (Phi) is 5.27. The predicted octanol–water partition coefficient (Wildman–Crippen LogP) is 5.02. The quantitative estimate of drug-likeness (QED) is 0.345. The van der Waals surface area contributed by atoms with E-state index >= 15 is 0 Å². The summed E-state index contributed by atoms with van der Waals surface area (Å²) in [7, 11) is 0. The van der Waals surface area contributed by atoms with Gasteiger partial charge in [-0.05, 0) is 90.9 Å². The molecule has 0 spiro atoms. The molecule has 0 aromatic carbocycles. The highest BCUT2D eigenvalue weighted by Gasteiger charge is 2.08. The van der Waals surface area contributed by atoms with Gasteiger partial charge >= 0.3 is 0 Å². The lowest BCUT2D eigenvalue weighted by atomic mass is 10.2. The molecule has 1 amide bonds. The molecule has 7 heteroatoms. The van der Waals surface area contributed by atoms with Crippen LogP contribution in [0.1, 0.15) is 38.8 Å². The number of hydrogen-bond acceptors (Lipinski definition) is 4. The molecular formula is C28H22N6O. The largest absolute Gasteiger partial charge is 0.355 e. The molecule has 3 N–H and O–H groups in total. The maximum Gasteiger partial charge on any atom is 0.269 e. The van der Waals surface area contributed by atoms with Crippen LogP contribution < -0.4 is 5.32 Å². The van der Waals surface area contributed by atoms with E-state index in [0.29, 0.717) is 18.7 Å². The average Bonchev–Trinajstić information content (AvgIpc) is 3.65. The van der Waals surface area contributed by atoms with Crippen molar-refractivity contribution in [3.63, 3.8) is 0 Å². The first-order valence-electron chi connectivity index (χ1n) is 11.4. The monoisotopic (exact) mass is 458 g/mol. The normalized spacial score (nSPS) is 12.1. The predicted molar refractivity (Wildman–Crippen MR) is 139 cm³/mol. The summed E-state index contributed by atoms with van der Waals surface area (Å²) in [6, 6.07) is 19.6. The zero-order valence-electron chi connectivity index (χ0n) is 18.8. The Morgan fingerprint density at radius 1 is 0.743 bits per heavy atom. The number of hydrogen-bond donors (Lipinski definition) is 3. The minimum absolute atomic E-state index is 0.179. The van der Waals surface area contributed by atoms with E-state index in [-0.39, 0.29) is 5.91 Å². The number of fused-ring (bicyclic) bond motifs is 8. The number of nitrogens with one attached hydrogen (secondary N) is 3. The highest BCUT2D eigenvalue weighted by molar-refractivity contribution is 5.92. The van der Waals surface area contributed by atoms with E-state index in [0.717, 1.165) is 50.4 Å². The second-order valence-corrected chi connectivity index (χ2v) is 8.42. The number of carbonyl (C=O) groups is 1. The summed E-state index contributed by atoms with van der Waals surface area (Å²) in [5.41, 5.74) is 8.89. The molecule has 8 bridgehead atoms. The Morgan fingerprint density at radius 2 is 1.46 bits per heavy atom. The van der Waals surface area contributed by atoms with Gasteiger partial charge in [0.15, 0.2) is 0 Å². The van der Waals surface area contributed by atoms with Gasteiger partial charge in [-0.15, -0.1) is 0 Å². The Labute approximate surface area is 201 Å². The molecule has 6 heterocycles. The van der Waals surface area contributed by atoms with Crippen LogP contribution in [0.25, 0.3) is 46.4 Å². The van der Waals surface area contributed by atoms with Gasteiger partial charge in [0, 0.05) is 34.8 Å². The first kappa shape index (κ1) is 20.8. The van der Waals surface area contributed by atoms with Gasteiger partial charge in [0.1, 0.15) is 5.69 Å².